The molecule has 0 bridgehead atoms. The summed E-state index contributed by atoms with van der Waals surface area (Å²) in [6, 6.07) is 17.5. The second-order valence-electron chi connectivity index (χ2n) is 5.47. The topological polar surface area (TPSA) is 58.4 Å². The maximum Gasteiger partial charge on any atom is 0.241 e. The van der Waals surface area contributed by atoms with E-state index in [2.05, 4.69) is 17.4 Å². The van der Waals surface area contributed by atoms with E-state index in [1.165, 1.54) is 5.56 Å². The molecule has 0 aromatic heterocycles. The van der Waals surface area contributed by atoms with Crippen molar-refractivity contribution >= 4 is 11.6 Å². The highest BCUT2D eigenvalue weighted by molar-refractivity contribution is 5.94. The van der Waals surface area contributed by atoms with E-state index in [0.29, 0.717) is 6.54 Å². The summed E-state index contributed by atoms with van der Waals surface area (Å²) >= 11 is 0. The Hall–Kier alpha value is -2.17. The van der Waals surface area contributed by atoms with E-state index in [-0.39, 0.29) is 11.9 Å². The van der Waals surface area contributed by atoms with E-state index in [1.54, 1.807) is 0 Å². The number of likely N-dealkylation sites (N-methyl/N-ethyl adjacent to an activating group) is 1. The fraction of sp³-hybridized carbons (Fsp3) is 0.278. The van der Waals surface area contributed by atoms with E-state index in [0.717, 1.165) is 17.8 Å². The molecule has 2 aromatic carbocycles. The van der Waals surface area contributed by atoms with Crippen LogP contribution in [-0.4, -0.2) is 23.9 Å². The summed E-state index contributed by atoms with van der Waals surface area (Å²) < 4.78 is 0. The quantitative estimate of drug-likeness (QED) is 0.861. The second-order valence-corrected chi connectivity index (χ2v) is 5.47. The summed E-state index contributed by atoms with van der Waals surface area (Å²) in [6.07, 6.45) is 0. The number of hydrogen-bond donors (Lipinski definition) is 2. The summed E-state index contributed by atoms with van der Waals surface area (Å²) in [6.45, 7) is 3.15. The molecule has 4 heteroatoms. The van der Waals surface area contributed by atoms with Crippen molar-refractivity contribution in [3.8, 4) is 0 Å². The SMILES string of the molecule is CC(C(=O)Nc1ccc(CN)cc1)N(C)Cc1ccccc1. The van der Waals surface area contributed by atoms with Gasteiger partial charge in [0.2, 0.25) is 5.91 Å². The predicted molar refractivity (Wildman–Crippen MR) is 90.3 cm³/mol. The van der Waals surface area contributed by atoms with Crippen LogP contribution in [-0.2, 0) is 17.9 Å². The van der Waals surface area contributed by atoms with Crippen molar-refractivity contribution in [3.05, 3.63) is 65.7 Å². The van der Waals surface area contributed by atoms with Crippen molar-refractivity contribution < 1.29 is 4.79 Å². The Morgan fingerprint density at radius 2 is 1.73 bits per heavy atom. The molecule has 3 N–H and O–H groups in total. The highest BCUT2D eigenvalue weighted by atomic mass is 16.2. The van der Waals surface area contributed by atoms with Gasteiger partial charge in [-0.2, -0.15) is 0 Å². The molecule has 0 spiro atoms. The third-order valence-corrected chi connectivity index (χ3v) is 3.77. The van der Waals surface area contributed by atoms with Crippen molar-refractivity contribution in [3.63, 3.8) is 0 Å². The van der Waals surface area contributed by atoms with Crippen LogP contribution >= 0.6 is 0 Å². The fourth-order valence-corrected chi connectivity index (χ4v) is 2.18. The standard InChI is InChI=1S/C18H23N3O/c1-14(21(2)13-16-6-4-3-5-7-16)18(22)20-17-10-8-15(12-19)9-11-17/h3-11,14H,12-13,19H2,1-2H3,(H,20,22). The van der Waals surface area contributed by atoms with Crippen LogP contribution < -0.4 is 11.1 Å². The minimum Gasteiger partial charge on any atom is -0.326 e. The van der Waals surface area contributed by atoms with Gasteiger partial charge in [-0.05, 0) is 37.2 Å². The van der Waals surface area contributed by atoms with Crippen LogP contribution in [0.15, 0.2) is 54.6 Å². The molecule has 0 saturated carbocycles. The van der Waals surface area contributed by atoms with Gasteiger partial charge >= 0.3 is 0 Å². The fourth-order valence-electron chi connectivity index (χ4n) is 2.18. The number of hydrogen-bond acceptors (Lipinski definition) is 3. The summed E-state index contributed by atoms with van der Waals surface area (Å²) in [5, 5.41) is 2.94. The summed E-state index contributed by atoms with van der Waals surface area (Å²) in [7, 11) is 1.95. The molecule has 0 fully saturated rings. The monoisotopic (exact) mass is 297 g/mol. The number of nitrogens with two attached hydrogens (primary N) is 1. The normalized spacial score (nSPS) is 12.2. The molecule has 0 radical (unpaired) electrons. The minimum absolute atomic E-state index is 0.0149. The van der Waals surface area contributed by atoms with Gasteiger partial charge in [-0.3, -0.25) is 9.69 Å². The molecule has 0 aliphatic rings. The zero-order valence-corrected chi connectivity index (χ0v) is 13.1. The van der Waals surface area contributed by atoms with E-state index in [9.17, 15) is 4.79 Å². The first kappa shape index (κ1) is 16.2. The molecule has 22 heavy (non-hydrogen) atoms. The van der Waals surface area contributed by atoms with Crippen molar-refractivity contribution in [1.29, 1.82) is 0 Å². The zero-order valence-electron chi connectivity index (χ0n) is 13.1. The number of benzene rings is 2. The highest BCUT2D eigenvalue weighted by Crippen LogP contribution is 2.12. The van der Waals surface area contributed by atoms with Crippen molar-refractivity contribution in [2.45, 2.75) is 26.1 Å². The van der Waals surface area contributed by atoms with Gasteiger partial charge in [-0.1, -0.05) is 42.5 Å². The number of rotatable bonds is 6. The molecular formula is C18H23N3O. The molecule has 2 aromatic rings. The van der Waals surface area contributed by atoms with E-state index in [4.69, 9.17) is 5.73 Å². The zero-order chi connectivity index (χ0) is 15.9. The van der Waals surface area contributed by atoms with Crippen molar-refractivity contribution in [2.24, 2.45) is 5.73 Å². The van der Waals surface area contributed by atoms with Gasteiger partial charge in [0, 0.05) is 18.8 Å². The van der Waals surface area contributed by atoms with Gasteiger partial charge in [0.25, 0.3) is 0 Å². The van der Waals surface area contributed by atoms with Crippen LogP contribution in [0.25, 0.3) is 0 Å². The summed E-state index contributed by atoms with van der Waals surface area (Å²) in [5.74, 6) is -0.0149. The molecule has 0 aliphatic carbocycles. The van der Waals surface area contributed by atoms with Crippen LogP contribution in [0.4, 0.5) is 5.69 Å². The lowest BCUT2D eigenvalue weighted by atomic mass is 10.1. The molecule has 4 nitrogen and oxygen atoms in total. The smallest absolute Gasteiger partial charge is 0.241 e. The Morgan fingerprint density at radius 3 is 2.32 bits per heavy atom. The Kier molecular flexibility index (Phi) is 5.69. The molecule has 0 aliphatic heterocycles. The number of nitrogens with one attached hydrogen (secondary N) is 1. The molecule has 116 valence electrons. The maximum atomic E-state index is 12.3. The number of nitrogens with zero attached hydrogens (tertiary/aromatic N) is 1. The number of carbonyl (C=O) groups is 1. The van der Waals surface area contributed by atoms with Crippen LogP contribution in [0.1, 0.15) is 18.1 Å². The number of anilines is 1. The Labute approximate surface area is 131 Å². The van der Waals surface area contributed by atoms with E-state index >= 15 is 0 Å². The van der Waals surface area contributed by atoms with E-state index in [1.807, 2.05) is 61.3 Å². The first-order chi connectivity index (χ1) is 10.6. The Balaban J connectivity index is 1.93. The predicted octanol–water partition coefficient (Wildman–Crippen LogP) is 2.60. The van der Waals surface area contributed by atoms with E-state index < -0.39 is 0 Å². The molecule has 1 atom stereocenters. The van der Waals surface area contributed by atoms with Gasteiger partial charge < -0.3 is 11.1 Å². The Bertz CT molecular complexity index is 595. The highest BCUT2D eigenvalue weighted by Gasteiger charge is 2.18. The molecule has 1 unspecified atom stereocenters. The van der Waals surface area contributed by atoms with Gasteiger partial charge in [0.05, 0.1) is 6.04 Å². The van der Waals surface area contributed by atoms with Crippen LogP contribution in [0, 0.1) is 0 Å². The lowest BCUT2D eigenvalue weighted by molar-refractivity contribution is -0.120. The number of carbonyl (C=O) groups excluding carboxylic acids is 1. The van der Waals surface area contributed by atoms with Crippen LogP contribution in [0.3, 0.4) is 0 Å². The maximum absolute atomic E-state index is 12.3. The third kappa shape index (κ3) is 4.41. The average Bonchev–Trinajstić information content (AvgIpc) is 2.55. The largest absolute Gasteiger partial charge is 0.326 e. The van der Waals surface area contributed by atoms with Crippen LogP contribution in [0.2, 0.25) is 0 Å². The lowest BCUT2D eigenvalue weighted by Gasteiger charge is -2.24. The minimum atomic E-state index is -0.214. The second kappa shape index (κ2) is 7.73. The molecule has 2 rings (SSSR count). The van der Waals surface area contributed by atoms with Crippen molar-refractivity contribution in [1.82, 2.24) is 4.90 Å². The molecule has 0 heterocycles. The lowest BCUT2D eigenvalue weighted by Crippen LogP contribution is -2.39. The molecule has 1 amide bonds. The Morgan fingerprint density at radius 1 is 1.09 bits per heavy atom. The average molecular weight is 297 g/mol. The third-order valence-electron chi connectivity index (χ3n) is 3.77. The number of amides is 1. The van der Waals surface area contributed by atoms with Gasteiger partial charge in [-0.15, -0.1) is 0 Å². The first-order valence-corrected chi connectivity index (χ1v) is 7.44. The van der Waals surface area contributed by atoms with Crippen molar-refractivity contribution in [2.75, 3.05) is 12.4 Å². The molecule has 0 saturated heterocycles. The van der Waals surface area contributed by atoms with Gasteiger partial charge in [0.15, 0.2) is 0 Å². The first-order valence-electron chi connectivity index (χ1n) is 7.44. The van der Waals surface area contributed by atoms with Crippen LogP contribution in [0.5, 0.6) is 0 Å². The van der Waals surface area contributed by atoms with Gasteiger partial charge in [0.1, 0.15) is 0 Å². The van der Waals surface area contributed by atoms with Gasteiger partial charge in [-0.25, -0.2) is 0 Å². The molecular weight excluding hydrogens is 274 g/mol. The summed E-state index contributed by atoms with van der Waals surface area (Å²) in [5.41, 5.74) is 8.60. The summed E-state index contributed by atoms with van der Waals surface area (Å²) in [4.78, 5) is 14.3.